The molecule has 150 valence electrons. The Kier molecular flexibility index (Phi) is 5.96. The Bertz CT molecular complexity index is 841. The number of carbonyl (C=O) groups excluding carboxylic acids is 2. The maximum atomic E-state index is 13.4. The summed E-state index contributed by atoms with van der Waals surface area (Å²) in [7, 11) is 0. The minimum atomic E-state index is -0.849. The molecule has 1 heterocycles. The maximum absolute atomic E-state index is 13.4. The van der Waals surface area contributed by atoms with Gasteiger partial charge in [-0.1, -0.05) is 37.5 Å². The van der Waals surface area contributed by atoms with E-state index in [9.17, 15) is 9.59 Å². The fourth-order valence-corrected chi connectivity index (χ4v) is 4.05. The molecule has 1 aromatic carbocycles. The number of para-hydroxylation sites is 1. The summed E-state index contributed by atoms with van der Waals surface area (Å²) in [5, 5.41) is 9.52. The van der Waals surface area contributed by atoms with Gasteiger partial charge in [0.15, 0.2) is 0 Å². The number of amides is 2. The molecule has 1 saturated carbocycles. The van der Waals surface area contributed by atoms with Gasteiger partial charge in [0.2, 0.25) is 17.8 Å². The normalized spacial score (nSPS) is 15.8. The molecule has 1 aliphatic carbocycles. The van der Waals surface area contributed by atoms with E-state index in [1.807, 2.05) is 38.1 Å². The Morgan fingerprint density at radius 1 is 1.25 bits per heavy atom. The van der Waals surface area contributed by atoms with Crippen LogP contribution in [-0.2, 0) is 16.0 Å². The number of hydrogen-bond acceptors (Lipinski definition) is 5. The third-order valence-electron chi connectivity index (χ3n) is 5.50. The number of nitrogens with one attached hydrogen (secondary N) is 2. The summed E-state index contributed by atoms with van der Waals surface area (Å²) in [6.45, 7) is 4.31. The number of aromatic amines is 1. The number of anilines is 2. The standard InChI is InChI=1S/C20H28N6O2/c1-3-26(17(27)13-16-23-19(21)25-24-16)20(11-7-4-8-12-20)18(28)22-15-10-6-5-9-14(15)2/h5-6,9-10H,3-4,7-8,11-13H2,1-2H3,(H,22,28)(H3,21,23,24,25). The largest absolute Gasteiger partial charge is 0.367 e. The van der Waals surface area contributed by atoms with Crippen LogP contribution in [0.25, 0.3) is 0 Å². The van der Waals surface area contributed by atoms with Gasteiger partial charge in [0, 0.05) is 12.2 Å². The Hall–Kier alpha value is -2.90. The fourth-order valence-electron chi connectivity index (χ4n) is 4.05. The molecule has 0 radical (unpaired) electrons. The zero-order valence-electron chi connectivity index (χ0n) is 16.5. The van der Waals surface area contributed by atoms with Crippen molar-refractivity contribution in [3.8, 4) is 0 Å². The zero-order chi connectivity index (χ0) is 20.1. The Morgan fingerprint density at radius 3 is 2.57 bits per heavy atom. The lowest BCUT2D eigenvalue weighted by molar-refractivity contribution is -0.147. The van der Waals surface area contributed by atoms with Gasteiger partial charge in [0.05, 0.1) is 6.42 Å². The van der Waals surface area contributed by atoms with E-state index in [0.717, 1.165) is 30.5 Å². The molecule has 4 N–H and O–H groups in total. The number of aryl methyl sites for hydroxylation is 1. The molecule has 0 bridgehead atoms. The van der Waals surface area contributed by atoms with E-state index < -0.39 is 5.54 Å². The van der Waals surface area contributed by atoms with E-state index in [2.05, 4.69) is 20.5 Å². The number of likely N-dealkylation sites (N-methyl/N-ethyl adjacent to an activating group) is 1. The van der Waals surface area contributed by atoms with Crippen LogP contribution in [0.3, 0.4) is 0 Å². The average molecular weight is 384 g/mol. The molecule has 1 fully saturated rings. The van der Waals surface area contributed by atoms with Gasteiger partial charge in [-0.3, -0.25) is 14.7 Å². The molecule has 0 unspecified atom stereocenters. The molecular formula is C20H28N6O2. The number of rotatable bonds is 6. The van der Waals surface area contributed by atoms with Crippen molar-refractivity contribution in [2.24, 2.45) is 0 Å². The predicted octanol–water partition coefficient (Wildman–Crippen LogP) is 2.43. The highest BCUT2D eigenvalue weighted by atomic mass is 16.2. The first-order valence-electron chi connectivity index (χ1n) is 9.80. The van der Waals surface area contributed by atoms with Crippen LogP contribution < -0.4 is 11.1 Å². The van der Waals surface area contributed by atoms with Crippen LogP contribution >= 0.6 is 0 Å². The summed E-state index contributed by atoms with van der Waals surface area (Å²) in [5.74, 6) is 0.246. The molecule has 8 heteroatoms. The summed E-state index contributed by atoms with van der Waals surface area (Å²) in [4.78, 5) is 32.3. The van der Waals surface area contributed by atoms with Gasteiger partial charge in [-0.2, -0.15) is 4.98 Å². The van der Waals surface area contributed by atoms with Gasteiger partial charge in [-0.05, 0) is 38.3 Å². The van der Waals surface area contributed by atoms with Crippen molar-refractivity contribution in [3.05, 3.63) is 35.7 Å². The molecule has 0 atom stereocenters. The van der Waals surface area contributed by atoms with E-state index in [-0.39, 0.29) is 24.2 Å². The number of carbonyl (C=O) groups is 2. The smallest absolute Gasteiger partial charge is 0.250 e. The highest BCUT2D eigenvalue weighted by Gasteiger charge is 2.46. The third kappa shape index (κ3) is 4.00. The Balaban J connectivity index is 1.86. The van der Waals surface area contributed by atoms with E-state index in [4.69, 9.17) is 5.73 Å². The van der Waals surface area contributed by atoms with Crippen LogP contribution in [0.1, 0.15) is 50.4 Å². The van der Waals surface area contributed by atoms with Crippen molar-refractivity contribution in [2.45, 2.75) is 57.9 Å². The van der Waals surface area contributed by atoms with Gasteiger partial charge < -0.3 is 16.0 Å². The second-order valence-electron chi connectivity index (χ2n) is 7.32. The van der Waals surface area contributed by atoms with E-state index >= 15 is 0 Å². The molecular weight excluding hydrogens is 356 g/mol. The highest BCUT2D eigenvalue weighted by molar-refractivity contribution is 6.01. The lowest BCUT2D eigenvalue weighted by Gasteiger charge is -2.44. The van der Waals surface area contributed by atoms with Crippen LogP contribution in [-0.4, -0.2) is 44.0 Å². The first-order chi connectivity index (χ1) is 13.5. The minimum Gasteiger partial charge on any atom is -0.367 e. The minimum absolute atomic E-state index is 0.0391. The Morgan fingerprint density at radius 2 is 1.96 bits per heavy atom. The van der Waals surface area contributed by atoms with Gasteiger partial charge in [0.1, 0.15) is 11.4 Å². The molecule has 0 aliphatic heterocycles. The van der Waals surface area contributed by atoms with Gasteiger partial charge >= 0.3 is 0 Å². The van der Waals surface area contributed by atoms with Crippen molar-refractivity contribution >= 4 is 23.5 Å². The van der Waals surface area contributed by atoms with Crippen LogP contribution in [0.2, 0.25) is 0 Å². The topological polar surface area (TPSA) is 117 Å². The van der Waals surface area contributed by atoms with Crippen LogP contribution in [0.4, 0.5) is 11.6 Å². The molecule has 28 heavy (non-hydrogen) atoms. The Labute approximate surface area is 164 Å². The van der Waals surface area contributed by atoms with E-state index in [1.165, 1.54) is 0 Å². The van der Waals surface area contributed by atoms with Crippen LogP contribution in [0.15, 0.2) is 24.3 Å². The maximum Gasteiger partial charge on any atom is 0.250 e. The lowest BCUT2D eigenvalue weighted by Crippen LogP contribution is -2.60. The molecule has 0 spiro atoms. The van der Waals surface area contributed by atoms with Crippen molar-refractivity contribution in [1.82, 2.24) is 20.1 Å². The summed E-state index contributed by atoms with van der Waals surface area (Å²) in [6.07, 6.45) is 4.26. The first kappa shape index (κ1) is 19.9. The molecule has 2 amide bonds. The number of nitrogens with zero attached hydrogens (tertiary/aromatic N) is 3. The molecule has 2 aromatic rings. The van der Waals surface area contributed by atoms with Crippen LogP contribution in [0, 0.1) is 6.92 Å². The third-order valence-corrected chi connectivity index (χ3v) is 5.50. The number of H-pyrrole nitrogens is 1. The molecule has 1 aromatic heterocycles. The molecule has 0 saturated heterocycles. The first-order valence-corrected chi connectivity index (χ1v) is 9.80. The van der Waals surface area contributed by atoms with Gasteiger partial charge in [0.25, 0.3) is 0 Å². The van der Waals surface area contributed by atoms with Crippen LogP contribution in [0.5, 0.6) is 0 Å². The number of nitrogens with two attached hydrogens (primary N) is 1. The summed E-state index contributed by atoms with van der Waals surface area (Å²) >= 11 is 0. The second kappa shape index (κ2) is 8.41. The number of benzene rings is 1. The summed E-state index contributed by atoms with van der Waals surface area (Å²) in [5.41, 5.74) is 6.46. The quantitative estimate of drug-likeness (QED) is 0.707. The zero-order valence-corrected chi connectivity index (χ0v) is 16.5. The summed E-state index contributed by atoms with van der Waals surface area (Å²) in [6, 6.07) is 7.68. The highest BCUT2D eigenvalue weighted by Crippen LogP contribution is 2.35. The number of hydrogen-bond donors (Lipinski definition) is 3. The van der Waals surface area contributed by atoms with E-state index in [1.54, 1.807) is 4.90 Å². The monoisotopic (exact) mass is 384 g/mol. The van der Waals surface area contributed by atoms with Crippen molar-refractivity contribution in [3.63, 3.8) is 0 Å². The van der Waals surface area contributed by atoms with Gasteiger partial charge in [-0.15, -0.1) is 5.10 Å². The lowest BCUT2D eigenvalue weighted by atomic mass is 9.79. The second-order valence-corrected chi connectivity index (χ2v) is 7.32. The fraction of sp³-hybridized carbons (Fsp3) is 0.500. The predicted molar refractivity (Wildman–Crippen MR) is 108 cm³/mol. The van der Waals surface area contributed by atoms with Crippen molar-refractivity contribution in [1.29, 1.82) is 0 Å². The molecule has 8 nitrogen and oxygen atoms in total. The molecule has 1 aliphatic rings. The van der Waals surface area contributed by atoms with E-state index in [0.29, 0.717) is 25.2 Å². The van der Waals surface area contributed by atoms with Crippen molar-refractivity contribution in [2.75, 3.05) is 17.6 Å². The SMILES string of the molecule is CCN(C(=O)Cc1nc(N)n[nH]1)C1(C(=O)Nc2ccccc2C)CCCCC1. The van der Waals surface area contributed by atoms with Gasteiger partial charge in [-0.25, -0.2) is 0 Å². The number of aromatic nitrogens is 3. The average Bonchev–Trinajstić information content (AvgIpc) is 3.09. The number of nitrogen functional groups attached to an aromatic ring is 1. The molecule has 3 rings (SSSR count). The van der Waals surface area contributed by atoms with Crippen molar-refractivity contribution < 1.29 is 9.59 Å². The summed E-state index contributed by atoms with van der Waals surface area (Å²) < 4.78 is 0.